The lowest BCUT2D eigenvalue weighted by molar-refractivity contribution is -0.116. The van der Waals surface area contributed by atoms with Gasteiger partial charge in [-0.15, -0.1) is 10.2 Å². The zero-order valence-corrected chi connectivity index (χ0v) is 17.5. The van der Waals surface area contributed by atoms with Crippen molar-refractivity contribution in [2.75, 3.05) is 23.5 Å². The Kier molecular flexibility index (Phi) is 7.19. The summed E-state index contributed by atoms with van der Waals surface area (Å²) in [5, 5.41) is 13.5. The fourth-order valence-corrected chi connectivity index (χ4v) is 3.31. The van der Waals surface area contributed by atoms with E-state index < -0.39 is 17.5 Å². The Labute approximate surface area is 181 Å². The number of hydrogen-bond acceptors (Lipinski definition) is 6. The fraction of sp³-hybridized carbons (Fsp3) is 0.200. The van der Waals surface area contributed by atoms with Gasteiger partial charge in [-0.05, 0) is 24.3 Å². The first-order valence-corrected chi connectivity index (χ1v) is 10.0. The summed E-state index contributed by atoms with van der Waals surface area (Å²) in [6, 6.07) is 9.84. The molecular weight excluding hydrogens is 428 g/mol. The van der Waals surface area contributed by atoms with Crippen molar-refractivity contribution in [3.63, 3.8) is 0 Å². The molecule has 8 nitrogen and oxygen atoms in total. The van der Waals surface area contributed by atoms with Crippen LogP contribution < -0.4 is 15.4 Å². The van der Waals surface area contributed by atoms with Crippen molar-refractivity contribution in [1.29, 1.82) is 0 Å². The number of halogens is 2. The van der Waals surface area contributed by atoms with E-state index in [9.17, 15) is 18.4 Å². The highest BCUT2D eigenvalue weighted by Crippen LogP contribution is 2.20. The summed E-state index contributed by atoms with van der Waals surface area (Å²) >= 11 is 1.07. The molecule has 2 N–H and O–H groups in total. The number of aromatic nitrogens is 3. The van der Waals surface area contributed by atoms with Crippen LogP contribution in [0.2, 0.25) is 0 Å². The SMILES string of the molecule is COc1cccc(NC(=O)Cc2nnc(SCC(=O)Nc3ccc(F)cc3F)n2C)c1. The molecule has 3 aromatic rings. The summed E-state index contributed by atoms with van der Waals surface area (Å²) < 4.78 is 33.3. The third-order valence-electron chi connectivity index (χ3n) is 4.13. The molecule has 0 aliphatic carbocycles. The zero-order valence-electron chi connectivity index (χ0n) is 16.7. The number of nitrogens with one attached hydrogen (secondary N) is 2. The van der Waals surface area contributed by atoms with Crippen LogP contribution in [0.5, 0.6) is 5.75 Å². The monoisotopic (exact) mass is 447 g/mol. The second-order valence-electron chi connectivity index (χ2n) is 6.38. The van der Waals surface area contributed by atoms with Crippen molar-refractivity contribution in [3.05, 3.63) is 59.9 Å². The number of hydrogen-bond donors (Lipinski definition) is 2. The molecule has 162 valence electrons. The van der Waals surface area contributed by atoms with E-state index in [1.807, 2.05) is 0 Å². The van der Waals surface area contributed by atoms with E-state index in [2.05, 4.69) is 20.8 Å². The summed E-state index contributed by atoms with van der Waals surface area (Å²) in [6.07, 6.45) is -0.0196. The highest BCUT2D eigenvalue weighted by Gasteiger charge is 2.15. The molecule has 0 bridgehead atoms. The lowest BCUT2D eigenvalue weighted by Gasteiger charge is -2.08. The van der Waals surface area contributed by atoms with E-state index in [1.54, 1.807) is 35.9 Å². The Morgan fingerprint density at radius 2 is 1.90 bits per heavy atom. The van der Waals surface area contributed by atoms with Gasteiger partial charge in [-0.1, -0.05) is 17.8 Å². The smallest absolute Gasteiger partial charge is 0.234 e. The van der Waals surface area contributed by atoms with E-state index >= 15 is 0 Å². The van der Waals surface area contributed by atoms with Crippen molar-refractivity contribution in [3.8, 4) is 5.75 Å². The van der Waals surface area contributed by atoms with E-state index in [-0.39, 0.29) is 23.8 Å². The molecule has 0 aliphatic heterocycles. The number of anilines is 2. The Hall–Kier alpha value is -3.47. The van der Waals surface area contributed by atoms with Crippen LogP contribution in [-0.2, 0) is 23.1 Å². The number of carbonyl (C=O) groups excluding carboxylic acids is 2. The summed E-state index contributed by atoms with van der Waals surface area (Å²) in [6.45, 7) is 0. The van der Waals surface area contributed by atoms with E-state index in [0.717, 1.165) is 23.9 Å². The predicted molar refractivity (Wildman–Crippen MR) is 112 cm³/mol. The number of ether oxygens (including phenoxy) is 1. The number of nitrogens with zero attached hydrogens (tertiary/aromatic N) is 3. The van der Waals surface area contributed by atoms with Gasteiger partial charge in [0.05, 0.1) is 25.0 Å². The van der Waals surface area contributed by atoms with Crippen molar-refractivity contribution < 1.29 is 23.1 Å². The van der Waals surface area contributed by atoms with Gasteiger partial charge in [-0.25, -0.2) is 8.78 Å². The van der Waals surface area contributed by atoms with Gasteiger partial charge in [0.1, 0.15) is 23.2 Å². The Balaban J connectivity index is 1.54. The molecule has 0 saturated carbocycles. The van der Waals surface area contributed by atoms with Crippen LogP contribution in [0.25, 0.3) is 0 Å². The molecular formula is C20H19F2N5O3S. The maximum atomic E-state index is 13.6. The summed E-state index contributed by atoms with van der Waals surface area (Å²) in [7, 11) is 3.21. The molecule has 0 radical (unpaired) electrons. The topological polar surface area (TPSA) is 98.1 Å². The quantitative estimate of drug-likeness (QED) is 0.515. The molecule has 0 aliphatic rings. The first kappa shape index (κ1) is 22.2. The minimum Gasteiger partial charge on any atom is -0.497 e. The van der Waals surface area contributed by atoms with Crippen LogP contribution in [0.15, 0.2) is 47.6 Å². The molecule has 0 spiro atoms. The van der Waals surface area contributed by atoms with Gasteiger partial charge in [-0.3, -0.25) is 9.59 Å². The van der Waals surface area contributed by atoms with Crippen LogP contribution in [0.1, 0.15) is 5.82 Å². The number of thioether (sulfide) groups is 1. The van der Waals surface area contributed by atoms with Crippen LogP contribution in [-0.4, -0.2) is 39.4 Å². The average Bonchev–Trinajstić information content (AvgIpc) is 3.08. The Morgan fingerprint density at radius 3 is 2.65 bits per heavy atom. The lowest BCUT2D eigenvalue weighted by atomic mass is 10.3. The molecule has 0 fully saturated rings. The van der Waals surface area contributed by atoms with Crippen molar-refractivity contribution >= 4 is 35.0 Å². The summed E-state index contributed by atoms with van der Waals surface area (Å²) in [5.74, 6) is -1.41. The van der Waals surface area contributed by atoms with Gasteiger partial charge in [0.15, 0.2) is 5.16 Å². The van der Waals surface area contributed by atoms with Gasteiger partial charge in [-0.2, -0.15) is 0 Å². The second kappa shape index (κ2) is 10.0. The molecule has 0 saturated heterocycles. The van der Waals surface area contributed by atoms with Crippen LogP contribution in [0, 0.1) is 11.6 Å². The molecule has 2 amide bonds. The summed E-state index contributed by atoms with van der Waals surface area (Å²) in [4.78, 5) is 24.4. The maximum Gasteiger partial charge on any atom is 0.234 e. The standard InChI is InChI=1S/C20H19F2N5O3S/c1-27-17(10-18(28)23-13-4-3-5-14(9-13)30-2)25-26-20(27)31-11-19(29)24-16-7-6-12(21)8-15(16)22/h3-9H,10-11H2,1-2H3,(H,23,28)(H,24,29). The second-order valence-corrected chi connectivity index (χ2v) is 7.32. The third-order valence-corrected chi connectivity index (χ3v) is 5.16. The van der Waals surface area contributed by atoms with Crippen molar-refractivity contribution in [2.45, 2.75) is 11.6 Å². The molecule has 0 unspecified atom stereocenters. The van der Waals surface area contributed by atoms with E-state index in [0.29, 0.717) is 28.5 Å². The predicted octanol–water partition coefficient (Wildman–Crippen LogP) is 3.01. The average molecular weight is 447 g/mol. The van der Waals surface area contributed by atoms with Crippen molar-refractivity contribution in [1.82, 2.24) is 14.8 Å². The largest absolute Gasteiger partial charge is 0.497 e. The van der Waals surface area contributed by atoms with Crippen LogP contribution in [0.3, 0.4) is 0 Å². The third kappa shape index (κ3) is 6.01. The Bertz CT molecular complexity index is 1110. The fourth-order valence-electron chi connectivity index (χ4n) is 2.58. The van der Waals surface area contributed by atoms with Gasteiger partial charge in [0.2, 0.25) is 11.8 Å². The van der Waals surface area contributed by atoms with E-state index in [1.165, 1.54) is 7.11 Å². The molecule has 0 atom stereocenters. The number of benzene rings is 2. The van der Waals surface area contributed by atoms with Gasteiger partial charge >= 0.3 is 0 Å². The highest BCUT2D eigenvalue weighted by atomic mass is 32.2. The number of rotatable bonds is 8. The molecule has 1 aromatic heterocycles. The lowest BCUT2D eigenvalue weighted by Crippen LogP contribution is -2.17. The maximum absolute atomic E-state index is 13.6. The number of amides is 2. The van der Waals surface area contributed by atoms with E-state index in [4.69, 9.17) is 4.74 Å². The Morgan fingerprint density at radius 1 is 1.10 bits per heavy atom. The van der Waals surface area contributed by atoms with Crippen LogP contribution in [0.4, 0.5) is 20.2 Å². The molecule has 31 heavy (non-hydrogen) atoms. The minimum atomic E-state index is -0.860. The molecule has 1 heterocycles. The molecule has 2 aromatic carbocycles. The first-order chi connectivity index (χ1) is 14.9. The molecule has 3 rings (SSSR count). The molecule has 11 heteroatoms. The summed E-state index contributed by atoms with van der Waals surface area (Å²) in [5.41, 5.74) is 0.477. The van der Waals surface area contributed by atoms with Crippen molar-refractivity contribution in [2.24, 2.45) is 7.05 Å². The first-order valence-electron chi connectivity index (χ1n) is 9.05. The van der Waals surface area contributed by atoms with Gasteiger partial charge in [0, 0.05) is 24.9 Å². The zero-order chi connectivity index (χ0) is 22.4. The number of carbonyl (C=O) groups is 2. The minimum absolute atomic E-state index is 0.0196. The normalized spacial score (nSPS) is 10.6. The number of methoxy groups -OCH3 is 1. The highest BCUT2D eigenvalue weighted by molar-refractivity contribution is 7.99. The van der Waals surface area contributed by atoms with Crippen LogP contribution >= 0.6 is 11.8 Å². The van der Waals surface area contributed by atoms with Gasteiger partial charge in [0.25, 0.3) is 0 Å². The van der Waals surface area contributed by atoms with Gasteiger partial charge < -0.3 is 19.9 Å².